The molecule has 0 saturated heterocycles. The number of oxime groups is 1. The van der Waals surface area contributed by atoms with Crippen LogP contribution in [0.1, 0.15) is 12.5 Å². The molecule has 0 fully saturated rings. The molecule has 4 heteroatoms. The lowest BCUT2D eigenvalue weighted by Crippen LogP contribution is -2.01. The smallest absolute Gasteiger partial charge is 0.220 e. The minimum absolute atomic E-state index is 0.200. The SMILES string of the molecule is C/C(=N\O)c1ccccc(=O)c1O. The summed E-state index contributed by atoms with van der Waals surface area (Å²) in [6.07, 6.45) is 0. The van der Waals surface area contributed by atoms with Crippen molar-refractivity contribution in [3.63, 3.8) is 0 Å². The second-order valence-corrected chi connectivity index (χ2v) is 2.53. The molecule has 0 spiro atoms. The van der Waals surface area contributed by atoms with Gasteiger partial charge >= 0.3 is 0 Å². The van der Waals surface area contributed by atoms with Crippen molar-refractivity contribution in [1.82, 2.24) is 0 Å². The third kappa shape index (κ3) is 1.84. The molecule has 0 aliphatic heterocycles. The third-order valence-electron chi connectivity index (χ3n) is 1.65. The van der Waals surface area contributed by atoms with E-state index in [1.54, 1.807) is 6.07 Å². The molecule has 0 saturated carbocycles. The summed E-state index contributed by atoms with van der Waals surface area (Å²) in [5, 5.41) is 20.7. The summed E-state index contributed by atoms with van der Waals surface area (Å²) < 4.78 is 0. The number of hydrogen-bond acceptors (Lipinski definition) is 4. The Kier molecular flexibility index (Phi) is 2.64. The molecule has 1 aromatic carbocycles. The summed E-state index contributed by atoms with van der Waals surface area (Å²) in [4.78, 5) is 11.1. The molecular weight excluding hydrogens is 170 g/mol. The largest absolute Gasteiger partial charge is 0.504 e. The quantitative estimate of drug-likeness (QED) is 0.383. The van der Waals surface area contributed by atoms with Crippen LogP contribution in [0.25, 0.3) is 0 Å². The fourth-order valence-corrected chi connectivity index (χ4v) is 0.931. The minimum Gasteiger partial charge on any atom is -0.504 e. The van der Waals surface area contributed by atoms with E-state index in [9.17, 15) is 9.90 Å². The van der Waals surface area contributed by atoms with Crippen LogP contribution in [0.3, 0.4) is 0 Å². The Morgan fingerprint density at radius 1 is 1.38 bits per heavy atom. The molecule has 0 heterocycles. The fourth-order valence-electron chi connectivity index (χ4n) is 0.931. The van der Waals surface area contributed by atoms with Crippen LogP contribution in [0.5, 0.6) is 5.75 Å². The first kappa shape index (κ1) is 9.25. The van der Waals surface area contributed by atoms with Gasteiger partial charge in [0.15, 0.2) is 5.75 Å². The molecule has 2 N–H and O–H groups in total. The number of hydrogen-bond donors (Lipinski definition) is 2. The molecule has 0 atom stereocenters. The summed E-state index contributed by atoms with van der Waals surface area (Å²) >= 11 is 0. The number of aromatic hydroxyl groups is 1. The van der Waals surface area contributed by atoms with Crippen molar-refractivity contribution in [2.45, 2.75) is 6.92 Å². The van der Waals surface area contributed by atoms with E-state index < -0.39 is 11.2 Å². The average Bonchev–Trinajstić information content (AvgIpc) is 2.29. The second kappa shape index (κ2) is 3.71. The highest BCUT2D eigenvalue weighted by Gasteiger charge is 2.05. The maximum atomic E-state index is 11.1. The third-order valence-corrected chi connectivity index (χ3v) is 1.65. The Balaban J connectivity index is 3.50. The van der Waals surface area contributed by atoms with Gasteiger partial charge in [0.2, 0.25) is 5.43 Å². The van der Waals surface area contributed by atoms with Crippen LogP contribution in [0.4, 0.5) is 0 Å². The first-order valence-corrected chi connectivity index (χ1v) is 3.68. The molecule has 0 radical (unpaired) electrons. The van der Waals surface area contributed by atoms with Gasteiger partial charge in [0.05, 0.1) is 5.71 Å². The van der Waals surface area contributed by atoms with Gasteiger partial charge in [-0.1, -0.05) is 17.3 Å². The van der Waals surface area contributed by atoms with Gasteiger partial charge in [-0.2, -0.15) is 0 Å². The molecular formula is C9H9NO3. The molecule has 0 unspecified atom stereocenters. The highest BCUT2D eigenvalue weighted by atomic mass is 16.4. The van der Waals surface area contributed by atoms with Gasteiger partial charge in [-0.25, -0.2) is 0 Å². The topological polar surface area (TPSA) is 69.9 Å². The van der Waals surface area contributed by atoms with Crippen LogP contribution in [-0.2, 0) is 0 Å². The van der Waals surface area contributed by atoms with E-state index in [4.69, 9.17) is 5.21 Å². The number of nitrogens with zero attached hydrogens (tertiary/aromatic N) is 1. The molecule has 0 aromatic heterocycles. The molecule has 13 heavy (non-hydrogen) atoms. The lowest BCUT2D eigenvalue weighted by atomic mass is 10.2. The summed E-state index contributed by atoms with van der Waals surface area (Å²) in [6, 6.07) is 5.84. The maximum absolute atomic E-state index is 11.1. The molecule has 68 valence electrons. The van der Waals surface area contributed by atoms with Crippen LogP contribution < -0.4 is 5.43 Å². The zero-order valence-corrected chi connectivity index (χ0v) is 7.06. The second-order valence-electron chi connectivity index (χ2n) is 2.53. The Labute approximate surface area is 74.8 Å². The van der Waals surface area contributed by atoms with Gasteiger partial charge in [0.1, 0.15) is 0 Å². The van der Waals surface area contributed by atoms with Gasteiger partial charge in [-0.05, 0) is 19.1 Å². The Morgan fingerprint density at radius 2 is 2.00 bits per heavy atom. The van der Waals surface area contributed by atoms with Crippen molar-refractivity contribution in [1.29, 1.82) is 0 Å². The Hall–Kier alpha value is -1.84. The van der Waals surface area contributed by atoms with Crippen LogP contribution in [-0.4, -0.2) is 16.0 Å². The lowest BCUT2D eigenvalue weighted by molar-refractivity contribution is 0.318. The molecule has 0 aliphatic rings. The van der Waals surface area contributed by atoms with E-state index >= 15 is 0 Å². The predicted octanol–water partition coefficient (Wildman–Crippen LogP) is 0.951. The van der Waals surface area contributed by atoms with Gasteiger partial charge in [0, 0.05) is 5.56 Å². The number of rotatable bonds is 1. The van der Waals surface area contributed by atoms with E-state index in [1.165, 1.54) is 25.1 Å². The van der Waals surface area contributed by atoms with Crippen molar-refractivity contribution >= 4 is 5.71 Å². The van der Waals surface area contributed by atoms with Gasteiger partial charge in [0.25, 0.3) is 0 Å². The summed E-state index contributed by atoms with van der Waals surface area (Å²) in [7, 11) is 0. The van der Waals surface area contributed by atoms with E-state index in [2.05, 4.69) is 5.16 Å². The summed E-state index contributed by atoms with van der Waals surface area (Å²) in [5.41, 5.74) is -0.0636. The van der Waals surface area contributed by atoms with Gasteiger partial charge in [-0.15, -0.1) is 0 Å². The van der Waals surface area contributed by atoms with E-state index in [0.717, 1.165) is 0 Å². The summed E-state index contributed by atoms with van der Waals surface area (Å²) in [6.45, 7) is 1.49. The van der Waals surface area contributed by atoms with E-state index in [-0.39, 0.29) is 11.3 Å². The maximum Gasteiger partial charge on any atom is 0.220 e. The highest BCUT2D eigenvalue weighted by molar-refractivity contribution is 6.00. The Bertz CT molecular complexity index is 398. The molecule has 1 rings (SSSR count). The van der Waals surface area contributed by atoms with Gasteiger partial charge in [-0.3, -0.25) is 4.79 Å². The van der Waals surface area contributed by atoms with Crippen molar-refractivity contribution in [2.75, 3.05) is 0 Å². The first-order valence-electron chi connectivity index (χ1n) is 3.68. The molecule has 0 aliphatic carbocycles. The van der Waals surface area contributed by atoms with E-state index in [1.807, 2.05) is 0 Å². The fraction of sp³-hybridized carbons (Fsp3) is 0.111. The first-order chi connectivity index (χ1) is 6.16. The highest BCUT2D eigenvalue weighted by Crippen LogP contribution is 2.10. The van der Waals surface area contributed by atoms with Crippen LogP contribution in [0, 0.1) is 0 Å². The van der Waals surface area contributed by atoms with Crippen LogP contribution in [0.15, 0.2) is 34.2 Å². The zero-order chi connectivity index (χ0) is 9.84. The molecule has 4 nitrogen and oxygen atoms in total. The van der Waals surface area contributed by atoms with Crippen LogP contribution in [0.2, 0.25) is 0 Å². The van der Waals surface area contributed by atoms with Crippen molar-refractivity contribution in [2.24, 2.45) is 5.16 Å². The minimum atomic E-state index is -0.497. The summed E-state index contributed by atoms with van der Waals surface area (Å²) in [5.74, 6) is -0.402. The predicted molar refractivity (Wildman–Crippen MR) is 48.4 cm³/mol. The zero-order valence-electron chi connectivity index (χ0n) is 7.06. The van der Waals surface area contributed by atoms with Crippen molar-refractivity contribution < 1.29 is 10.3 Å². The van der Waals surface area contributed by atoms with Crippen molar-refractivity contribution in [3.8, 4) is 5.75 Å². The monoisotopic (exact) mass is 179 g/mol. The lowest BCUT2D eigenvalue weighted by Gasteiger charge is -1.95. The van der Waals surface area contributed by atoms with Crippen LogP contribution >= 0.6 is 0 Å². The average molecular weight is 179 g/mol. The molecule has 0 amide bonds. The normalized spacial score (nSPS) is 11.3. The Morgan fingerprint density at radius 3 is 2.62 bits per heavy atom. The molecule has 1 aromatic rings. The standard InChI is InChI=1S/C9H9NO3/c1-6(10-13)7-4-2-3-5-8(11)9(7)12/h2-5,13H,1H3,(H,11,12)/b10-6+. The van der Waals surface area contributed by atoms with Crippen molar-refractivity contribution in [3.05, 3.63) is 40.1 Å². The van der Waals surface area contributed by atoms with E-state index in [0.29, 0.717) is 0 Å². The molecule has 0 bridgehead atoms. The van der Waals surface area contributed by atoms with Gasteiger partial charge < -0.3 is 10.3 Å².